The predicted molar refractivity (Wildman–Crippen MR) is 107 cm³/mol. The summed E-state index contributed by atoms with van der Waals surface area (Å²) >= 11 is 0. The van der Waals surface area contributed by atoms with E-state index in [0.717, 1.165) is 5.69 Å². The Morgan fingerprint density at radius 2 is 1.79 bits per heavy atom. The minimum atomic E-state index is -0.149. The van der Waals surface area contributed by atoms with Crippen LogP contribution in [-0.2, 0) is 0 Å². The molecule has 1 N–H and O–H groups in total. The van der Waals surface area contributed by atoms with Gasteiger partial charge in [-0.2, -0.15) is 5.26 Å². The standard InChI is InChI=1S/C20H18N8O/c21-12-15-3-1-4-16(11-15)26-18-14-24-17(13-25-18)19(29)27-7-9-28(10-8-27)20-22-5-2-6-23-20/h1-6,11,13-14H,7-10H2,(H,25,26). The van der Waals surface area contributed by atoms with E-state index in [1.807, 2.05) is 6.07 Å². The zero-order chi connectivity index (χ0) is 20.1. The molecule has 0 bridgehead atoms. The van der Waals surface area contributed by atoms with Gasteiger partial charge in [0.05, 0.1) is 24.0 Å². The number of nitrogens with zero attached hydrogens (tertiary/aromatic N) is 7. The molecular weight excluding hydrogens is 368 g/mol. The van der Waals surface area contributed by atoms with Gasteiger partial charge in [0.15, 0.2) is 0 Å². The predicted octanol–water partition coefficient (Wildman–Crippen LogP) is 1.84. The fraction of sp³-hybridized carbons (Fsp3) is 0.200. The lowest BCUT2D eigenvalue weighted by Crippen LogP contribution is -2.49. The van der Waals surface area contributed by atoms with E-state index in [1.165, 1.54) is 12.4 Å². The Labute approximate surface area is 167 Å². The van der Waals surface area contributed by atoms with Gasteiger partial charge in [-0.15, -0.1) is 0 Å². The van der Waals surface area contributed by atoms with Crippen LogP contribution in [0.2, 0.25) is 0 Å². The molecule has 0 unspecified atom stereocenters. The Kier molecular flexibility index (Phi) is 5.25. The van der Waals surface area contributed by atoms with Crippen LogP contribution in [0.5, 0.6) is 0 Å². The fourth-order valence-corrected chi connectivity index (χ4v) is 3.04. The number of nitriles is 1. The molecule has 0 aliphatic carbocycles. The maximum atomic E-state index is 12.7. The van der Waals surface area contributed by atoms with Crippen molar-refractivity contribution >= 4 is 23.4 Å². The number of amides is 1. The van der Waals surface area contributed by atoms with E-state index in [4.69, 9.17) is 5.26 Å². The number of piperazine rings is 1. The van der Waals surface area contributed by atoms with Crippen LogP contribution in [0.4, 0.5) is 17.5 Å². The second-order valence-corrected chi connectivity index (χ2v) is 6.43. The van der Waals surface area contributed by atoms with Gasteiger partial charge in [0.25, 0.3) is 5.91 Å². The third-order valence-electron chi connectivity index (χ3n) is 4.54. The molecule has 1 saturated heterocycles. The van der Waals surface area contributed by atoms with Crippen LogP contribution in [0.1, 0.15) is 16.1 Å². The van der Waals surface area contributed by atoms with Crippen molar-refractivity contribution in [1.82, 2.24) is 24.8 Å². The van der Waals surface area contributed by atoms with Crippen LogP contribution in [0.15, 0.2) is 55.1 Å². The number of carbonyl (C=O) groups excluding carboxylic acids is 1. The maximum absolute atomic E-state index is 12.7. The fourth-order valence-electron chi connectivity index (χ4n) is 3.04. The van der Waals surface area contributed by atoms with Gasteiger partial charge in [0.1, 0.15) is 11.5 Å². The first kappa shape index (κ1) is 18.3. The van der Waals surface area contributed by atoms with Crippen LogP contribution >= 0.6 is 0 Å². The zero-order valence-electron chi connectivity index (χ0n) is 15.6. The summed E-state index contributed by atoms with van der Waals surface area (Å²) in [7, 11) is 0. The third kappa shape index (κ3) is 4.27. The first-order valence-electron chi connectivity index (χ1n) is 9.13. The van der Waals surface area contributed by atoms with Gasteiger partial charge in [-0.25, -0.2) is 19.9 Å². The average molecular weight is 386 g/mol. The molecule has 2 aromatic heterocycles. The number of nitrogens with one attached hydrogen (secondary N) is 1. The van der Waals surface area contributed by atoms with E-state index >= 15 is 0 Å². The number of benzene rings is 1. The third-order valence-corrected chi connectivity index (χ3v) is 4.54. The van der Waals surface area contributed by atoms with Crippen molar-refractivity contribution in [3.05, 3.63) is 66.4 Å². The van der Waals surface area contributed by atoms with E-state index in [-0.39, 0.29) is 5.91 Å². The van der Waals surface area contributed by atoms with E-state index in [2.05, 4.69) is 36.2 Å². The number of aromatic nitrogens is 4. The minimum absolute atomic E-state index is 0.149. The lowest BCUT2D eigenvalue weighted by Gasteiger charge is -2.34. The summed E-state index contributed by atoms with van der Waals surface area (Å²) < 4.78 is 0. The van der Waals surface area contributed by atoms with Crippen molar-refractivity contribution in [2.24, 2.45) is 0 Å². The highest BCUT2D eigenvalue weighted by atomic mass is 16.2. The first-order valence-corrected chi connectivity index (χ1v) is 9.13. The molecule has 0 spiro atoms. The second kappa shape index (κ2) is 8.31. The molecular formula is C20H18N8O. The number of carbonyl (C=O) groups is 1. The number of rotatable bonds is 4. The summed E-state index contributed by atoms with van der Waals surface area (Å²) in [5.41, 5.74) is 1.58. The van der Waals surface area contributed by atoms with E-state index in [0.29, 0.717) is 49.2 Å². The first-order chi connectivity index (χ1) is 14.2. The smallest absolute Gasteiger partial charge is 0.274 e. The monoisotopic (exact) mass is 386 g/mol. The molecule has 4 rings (SSSR count). The van der Waals surface area contributed by atoms with Crippen molar-refractivity contribution in [3.8, 4) is 6.07 Å². The van der Waals surface area contributed by atoms with E-state index < -0.39 is 0 Å². The molecule has 1 aromatic carbocycles. The average Bonchev–Trinajstić information content (AvgIpc) is 2.80. The Morgan fingerprint density at radius 3 is 2.48 bits per heavy atom. The van der Waals surface area contributed by atoms with Gasteiger partial charge in [-0.1, -0.05) is 6.07 Å². The largest absolute Gasteiger partial charge is 0.339 e. The second-order valence-electron chi connectivity index (χ2n) is 6.43. The normalized spacial score (nSPS) is 13.6. The minimum Gasteiger partial charge on any atom is -0.339 e. The molecule has 9 heteroatoms. The molecule has 29 heavy (non-hydrogen) atoms. The highest BCUT2D eigenvalue weighted by Gasteiger charge is 2.24. The summed E-state index contributed by atoms with van der Waals surface area (Å²) in [5, 5.41) is 12.1. The summed E-state index contributed by atoms with van der Waals surface area (Å²) in [4.78, 5) is 33.5. The maximum Gasteiger partial charge on any atom is 0.274 e. The molecule has 1 aliphatic rings. The highest BCUT2D eigenvalue weighted by Crippen LogP contribution is 2.16. The van der Waals surface area contributed by atoms with Crippen LogP contribution in [-0.4, -0.2) is 56.9 Å². The molecule has 3 heterocycles. The molecule has 0 saturated carbocycles. The Balaban J connectivity index is 1.36. The number of hydrogen-bond acceptors (Lipinski definition) is 8. The summed E-state index contributed by atoms with van der Waals surface area (Å²) in [6.45, 7) is 2.47. The van der Waals surface area contributed by atoms with Crippen molar-refractivity contribution in [2.45, 2.75) is 0 Å². The lowest BCUT2D eigenvalue weighted by molar-refractivity contribution is 0.0740. The number of anilines is 3. The summed E-state index contributed by atoms with van der Waals surface area (Å²) in [5.74, 6) is 1.03. The molecule has 9 nitrogen and oxygen atoms in total. The van der Waals surface area contributed by atoms with Crippen molar-refractivity contribution in [2.75, 3.05) is 36.4 Å². The molecule has 144 valence electrons. The van der Waals surface area contributed by atoms with E-state index in [9.17, 15) is 4.79 Å². The van der Waals surface area contributed by atoms with Gasteiger partial charge in [-0.05, 0) is 24.3 Å². The van der Waals surface area contributed by atoms with Gasteiger partial charge in [0, 0.05) is 44.3 Å². The highest BCUT2D eigenvalue weighted by molar-refractivity contribution is 5.92. The van der Waals surface area contributed by atoms with Crippen LogP contribution < -0.4 is 10.2 Å². The molecule has 3 aromatic rings. The van der Waals surface area contributed by atoms with Gasteiger partial charge in [-0.3, -0.25) is 4.79 Å². The Bertz CT molecular complexity index is 1020. The van der Waals surface area contributed by atoms with Gasteiger partial charge >= 0.3 is 0 Å². The van der Waals surface area contributed by atoms with Gasteiger partial charge < -0.3 is 15.1 Å². The quantitative estimate of drug-likeness (QED) is 0.723. The summed E-state index contributed by atoms with van der Waals surface area (Å²) in [6, 6.07) is 10.9. The topological polar surface area (TPSA) is 111 Å². The molecule has 0 radical (unpaired) electrons. The van der Waals surface area contributed by atoms with Crippen LogP contribution in [0.25, 0.3) is 0 Å². The zero-order valence-corrected chi connectivity index (χ0v) is 15.6. The summed E-state index contributed by atoms with van der Waals surface area (Å²) in [6.07, 6.45) is 6.40. The molecule has 1 amide bonds. The molecule has 1 fully saturated rings. The van der Waals surface area contributed by atoms with Crippen LogP contribution in [0.3, 0.4) is 0 Å². The Morgan fingerprint density at radius 1 is 1.00 bits per heavy atom. The van der Waals surface area contributed by atoms with Crippen LogP contribution in [0, 0.1) is 11.3 Å². The number of hydrogen-bond donors (Lipinski definition) is 1. The van der Waals surface area contributed by atoms with Crippen molar-refractivity contribution in [3.63, 3.8) is 0 Å². The SMILES string of the molecule is N#Cc1cccc(Nc2cnc(C(=O)N3CCN(c4ncccn4)CC3)cn2)c1. The van der Waals surface area contributed by atoms with Gasteiger partial charge in [0.2, 0.25) is 5.95 Å². The lowest BCUT2D eigenvalue weighted by atomic mass is 10.2. The molecule has 1 aliphatic heterocycles. The van der Waals surface area contributed by atoms with Crippen molar-refractivity contribution < 1.29 is 4.79 Å². The van der Waals surface area contributed by atoms with Crippen molar-refractivity contribution in [1.29, 1.82) is 5.26 Å². The Hall–Kier alpha value is -4.06. The molecule has 0 atom stereocenters. The van der Waals surface area contributed by atoms with E-state index in [1.54, 1.807) is 41.6 Å².